The zero-order valence-electron chi connectivity index (χ0n) is 11.5. The largest absolute Gasteiger partial charge is 0.311 e. The second-order valence-corrected chi connectivity index (χ2v) is 6.06. The molecule has 0 saturated heterocycles. The van der Waals surface area contributed by atoms with Gasteiger partial charge in [0, 0.05) is 29.7 Å². The van der Waals surface area contributed by atoms with Gasteiger partial charge in [-0.1, -0.05) is 17.7 Å². The van der Waals surface area contributed by atoms with Crippen LogP contribution in [0.3, 0.4) is 0 Å². The molecule has 0 radical (unpaired) electrons. The van der Waals surface area contributed by atoms with Gasteiger partial charge in [0.15, 0.2) is 0 Å². The summed E-state index contributed by atoms with van der Waals surface area (Å²) in [7, 11) is 0. The maximum Gasteiger partial charge on any atom is 0.124 e. The summed E-state index contributed by atoms with van der Waals surface area (Å²) in [4.78, 5) is 0. The van der Waals surface area contributed by atoms with E-state index >= 15 is 0 Å². The summed E-state index contributed by atoms with van der Waals surface area (Å²) in [6.07, 6.45) is 0. The van der Waals surface area contributed by atoms with Gasteiger partial charge in [-0.25, -0.2) is 4.39 Å². The minimum absolute atomic E-state index is 0.115. The Hall–Kier alpha value is -0.640. The molecule has 0 aliphatic carbocycles. The SMILES string of the molecule is CC(CNC(C)(C)C)NCc1ccc(F)cc1Cl. The molecule has 1 aromatic carbocycles. The van der Waals surface area contributed by atoms with E-state index in [1.165, 1.54) is 12.1 Å². The molecule has 1 atom stereocenters. The van der Waals surface area contributed by atoms with Gasteiger partial charge in [-0.15, -0.1) is 0 Å². The fourth-order valence-corrected chi connectivity index (χ4v) is 1.71. The van der Waals surface area contributed by atoms with Crippen LogP contribution in [0.1, 0.15) is 33.3 Å². The predicted molar refractivity (Wildman–Crippen MR) is 75.5 cm³/mol. The summed E-state index contributed by atoms with van der Waals surface area (Å²) in [5.41, 5.74) is 1.03. The topological polar surface area (TPSA) is 24.1 Å². The molecular formula is C14H22ClFN2. The third kappa shape index (κ3) is 5.80. The van der Waals surface area contributed by atoms with Gasteiger partial charge in [-0.05, 0) is 45.4 Å². The van der Waals surface area contributed by atoms with Gasteiger partial charge in [-0.3, -0.25) is 0 Å². The number of hydrogen-bond donors (Lipinski definition) is 2. The number of nitrogens with one attached hydrogen (secondary N) is 2. The number of benzene rings is 1. The summed E-state index contributed by atoms with van der Waals surface area (Å²) in [5.74, 6) is -0.300. The van der Waals surface area contributed by atoms with Crippen molar-refractivity contribution in [3.63, 3.8) is 0 Å². The van der Waals surface area contributed by atoms with Crippen molar-refractivity contribution in [1.82, 2.24) is 10.6 Å². The van der Waals surface area contributed by atoms with E-state index in [2.05, 4.69) is 38.3 Å². The van der Waals surface area contributed by atoms with Crippen molar-refractivity contribution < 1.29 is 4.39 Å². The van der Waals surface area contributed by atoms with Gasteiger partial charge in [0.1, 0.15) is 5.82 Å². The van der Waals surface area contributed by atoms with Crippen LogP contribution in [-0.2, 0) is 6.54 Å². The first kappa shape index (κ1) is 15.4. The molecule has 0 spiro atoms. The highest BCUT2D eigenvalue weighted by Crippen LogP contribution is 2.16. The van der Waals surface area contributed by atoms with E-state index < -0.39 is 0 Å². The van der Waals surface area contributed by atoms with Crippen molar-refractivity contribution in [3.8, 4) is 0 Å². The first-order valence-electron chi connectivity index (χ1n) is 6.20. The van der Waals surface area contributed by atoms with E-state index in [-0.39, 0.29) is 11.4 Å². The van der Waals surface area contributed by atoms with Gasteiger partial charge in [0.05, 0.1) is 0 Å². The Morgan fingerprint density at radius 1 is 1.33 bits per heavy atom. The first-order valence-corrected chi connectivity index (χ1v) is 6.58. The van der Waals surface area contributed by atoms with E-state index in [4.69, 9.17) is 11.6 Å². The maximum atomic E-state index is 12.9. The lowest BCUT2D eigenvalue weighted by molar-refractivity contribution is 0.387. The van der Waals surface area contributed by atoms with Crippen LogP contribution in [0.25, 0.3) is 0 Å². The highest BCUT2D eigenvalue weighted by molar-refractivity contribution is 6.31. The van der Waals surface area contributed by atoms with E-state index in [0.717, 1.165) is 12.1 Å². The molecule has 2 nitrogen and oxygen atoms in total. The lowest BCUT2D eigenvalue weighted by Gasteiger charge is -2.24. The zero-order valence-corrected chi connectivity index (χ0v) is 12.2. The summed E-state index contributed by atoms with van der Waals surface area (Å²) in [6.45, 7) is 10.0. The van der Waals surface area contributed by atoms with Crippen LogP contribution in [0.2, 0.25) is 5.02 Å². The number of hydrogen-bond acceptors (Lipinski definition) is 2. The molecule has 1 unspecified atom stereocenters. The molecule has 0 aliphatic heterocycles. The molecule has 0 bridgehead atoms. The van der Waals surface area contributed by atoms with E-state index in [0.29, 0.717) is 17.6 Å². The Labute approximate surface area is 114 Å². The summed E-state index contributed by atoms with van der Waals surface area (Å²) in [6, 6.07) is 4.82. The summed E-state index contributed by atoms with van der Waals surface area (Å²) >= 11 is 5.97. The normalized spacial score (nSPS) is 13.7. The summed E-state index contributed by atoms with van der Waals surface area (Å²) in [5, 5.41) is 7.26. The average Bonchev–Trinajstić information content (AvgIpc) is 2.24. The standard InChI is InChI=1S/C14H22ClFN2/c1-10(8-18-14(2,3)4)17-9-11-5-6-12(16)7-13(11)15/h5-7,10,17-18H,8-9H2,1-4H3. The third-order valence-electron chi connectivity index (χ3n) is 2.59. The molecule has 0 heterocycles. The lowest BCUT2D eigenvalue weighted by atomic mass is 10.1. The number of halogens is 2. The van der Waals surface area contributed by atoms with E-state index in [1.54, 1.807) is 6.07 Å². The molecule has 0 fully saturated rings. The third-order valence-corrected chi connectivity index (χ3v) is 2.95. The Morgan fingerprint density at radius 3 is 2.56 bits per heavy atom. The minimum atomic E-state index is -0.300. The van der Waals surface area contributed by atoms with Crippen LogP contribution in [0.4, 0.5) is 4.39 Å². The summed E-state index contributed by atoms with van der Waals surface area (Å²) < 4.78 is 12.9. The van der Waals surface area contributed by atoms with E-state index in [1.807, 2.05) is 0 Å². The van der Waals surface area contributed by atoms with Crippen LogP contribution in [0, 0.1) is 5.82 Å². The van der Waals surface area contributed by atoms with Crippen LogP contribution < -0.4 is 10.6 Å². The molecule has 0 aromatic heterocycles. The molecule has 18 heavy (non-hydrogen) atoms. The van der Waals surface area contributed by atoms with Crippen molar-refractivity contribution in [3.05, 3.63) is 34.6 Å². The molecule has 4 heteroatoms. The van der Waals surface area contributed by atoms with Crippen molar-refractivity contribution in [2.75, 3.05) is 6.54 Å². The van der Waals surface area contributed by atoms with Crippen LogP contribution >= 0.6 is 11.6 Å². The number of rotatable bonds is 5. The van der Waals surface area contributed by atoms with Crippen LogP contribution in [-0.4, -0.2) is 18.1 Å². The molecule has 1 aromatic rings. The van der Waals surface area contributed by atoms with Gasteiger partial charge >= 0.3 is 0 Å². The van der Waals surface area contributed by atoms with Gasteiger partial charge in [0.25, 0.3) is 0 Å². The smallest absolute Gasteiger partial charge is 0.124 e. The Kier molecular flexibility index (Phi) is 5.57. The maximum absolute atomic E-state index is 12.9. The molecule has 0 amide bonds. The van der Waals surface area contributed by atoms with Crippen LogP contribution in [0.5, 0.6) is 0 Å². The average molecular weight is 273 g/mol. The predicted octanol–water partition coefficient (Wildman–Crippen LogP) is 3.35. The molecular weight excluding hydrogens is 251 g/mol. The Morgan fingerprint density at radius 2 is 2.00 bits per heavy atom. The van der Waals surface area contributed by atoms with Crippen molar-refractivity contribution in [1.29, 1.82) is 0 Å². The monoisotopic (exact) mass is 272 g/mol. The molecule has 1 rings (SSSR count). The highest BCUT2D eigenvalue weighted by atomic mass is 35.5. The van der Waals surface area contributed by atoms with Gasteiger partial charge in [-0.2, -0.15) is 0 Å². The van der Waals surface area contributed by atoms with E-state index in [9.17, 15) is 4.39 Å². The molecule has 0 saturated carbocycles. The van der Waals surface area contributed by atoms with Gasteiger partial charge in [0.2, 0.25) is 0 Å². The molecule has 0 aliphatic rings. The van der Waals surface area contributed by atoms with Crippen molar-refractivity contribution in [2.45, 2.75) is 45.8 Å². The fourth-order valence-electron chi connectivity index (χ4n) is 1.48. The Balaban J connectivity index is 2.40. The second-order valence-electron chi connectivity index (χ2n) is 5.65. The fraction of sp³-hybridized carbons (Fsp3) is 0.571. The van der Waals surface area contributed by atoms with Crippen LogP contribution in [0.15, 0.2) is 18.2 Å². The first-order chi connectivity index (χ1) is 8.28. The minimum Gasteiger partial charge on any atom is -0.311 e. The highest BCUT2D eigenvalue weighted by Gasteiger charge is 2.11. The van der Waals surface area contributed by atoms with Gasteiger partial charge < -0.3 is 10.6 Å². The molecule has 102 valence electrons. The van der Waals surface area contributed by atoms with Crippen molar-refractivity contribution >= 4 is 11.6 Å². The lowest BCUT2D eigenvalue weighted by Crippen LogP contribution is -2.44. The zero-order chi connectivity index (χ0) is 13.8. The quantitative estimate of drug-likeness (QED) is 0.859. The Bertz CT molecular complexity index is 388. The molecule has 2 N–H and O–H groups in total. The van der Waals surface area contributed by atoms with Crippen molar-refractivity contribution in [2.24, 2.45) is 0 Å². The second kappa shape index (κ2) is 6.50.